The smallest absolute Gasteiger partial charge is 1.00 e. The van der Waals surface area contributed by atoms with Gasteiger partial charge in [-0.25, -0.2) is 0 Å². The SMILES string of the molecule is [Cl-].[Ni+2].[c-]1ccccc1.c1ccc(P(c2ccccc2)c2ccccc2)cc1.c1ccc(P(c2ccccc2)c2ccccc2)cc1. The Bertz CT molecular complexity index is 1390. The van der Waals surface area contributed by atoms with Crippen LogP contribution in [-0.4, -0.2) is 0 Å². The first-order valence-corrected chi connectivity index (χ1v) is 17.4. The number of benzene rings is 7. The van der Waals surface area contributed by atoms with E-state index in [9.17, 15) is 0 Å². The molecule has 0 atom stereocenters. The zero-order valence-corrected chi connectivity index (χ0v) is 28.8. The fourth-order valence-electron chi connectivity index (χ4n) is 4.70. The Balaban J connectivity index is 0.000000205. The third-order valence-electron chi connectivity index (χ3n) is 6.69. The molecule has 0 spiro atoms. The maximum Gasteiger partial charge on any atom is 2.00 e. The molecule has 0 saturated carbocycles. The van der Waals surface area contributed by atoms with Crippen LogP contribution in [-0.2, 0) is 16.5 Å². The molecular weight excluding hydrogens is 661 g/mol. The molecule has 0 bridgehead atoms. The van der Waals surface area contributed by atoms with Crippen molar-refractivity contribution in [3.8, 4) is 0 Å². The van der Waals surface area contributed by atoms with Crippen LogP contribution in [0.1, 0.15) is 0 Å². The zero-order valence-electron chi connectivity index (χ0n) is 25.3. The van der Waals surface area contributed by atoms with Gasteiger partial charge in [0.15, 0.2) is 0 Å². The van der Waals surface area contributed by atoms with Crippen LogP contribution in [0.5, 0.6) is 0 Å². The molecule has 0 N–H and O–H groups in total. The minimum atomic E-state index is -0.446. The molecule has 0 radical (unpaired) electrons. The van der Waals surface area contributed by atoms with Gasteiger partial charge in [-0.05, 0) is 47.7 Å². The van der Waals surface area contributed by atoms with Gasteiger partial charge in [-0.15, -0.1) is 0 Å². The molecule has 46 heavy (non-hydrogen) atoms. The molecule has 0 unspecified atom stereocenters. The number of hydrogen-bond acceptors (Lipinski definition) is 0. The van der Waals surface area contributed by atoms with Crippen molar-refractivity contribution in [1.29, 1.82) is 0 Å². The molecule has 0 saturated heterocycles. The molecule has 0 aliphatic rings. The van der Waals surface area contributed by atoms with E-state index in [2.05, 4.69) is 188 Å². The normalized spacial score (nSPS) is 9.78. The van der Waals surface area contributed by atoms with E-state index >= 15 is 0 Å². The van der Waals surface area contributed by atoms with Crippen molar-refractivity contribution < 1.29 is 28.9 Å². The second-order valence-electron chi connectivity index (χ2n) is 9.76. The Morgan fingerprint density at radius 2 is 0.435 bits per heavy atom. The van der Waals surface area contributed by atoms with Gasteiger partial charge in [0.1, 0.15) is 0 Å². The van der Waals surface area contributed by atoms with Gasteiger partial charge in [0.25, 0.3) is 0 Å². The summed E-state index contributed by atoms with van der Waals surface area (Å²) in [5.74, 6) is 0. The maximum atomic E-state index is 2.89. The maximum absolute atomic E-state index is 2.89. The molecule has 230 valence electrons. The molecular formula is C42H35ClNiP2. The van der Waals surface area contributed by atoms with Crippen LogP contribution in [0.3, 0.4) is 0 Å². The Labute approximate surface area is 293 Å². The van der Waals surface area contributed by atoms with Gasteiger partial charge in [0.05, 0.1) is 0 Å². The molecule has 7 rings (SSSR count). The zero-order chi connectivity index (χ0) is 30.1. The Morgan fingerprint density at radius 3 is 0.565 bits per heavy atom. The van der Waals surface area contributed by atoms with E-state index in [0.717, 1.165) is 0 Å². The van der Waals surface area contributed by atoms with Crippen LogP contribution in [0.25, 0.3) is 0 Å². The van der Waals surface area contributed by atoms with Gasteiger partial charge in [-0.2, -0.15) is 36.4 Å². The Morgan fingerprint density at radius 1 is 0.261 bits per heavy atom. The van der Waals surface area contributed by atoms with E-state index in [1.54, 1.807) is 0 Å². The molecule has 0 aliphatic carbocycles. The molecule has 7 aromatic carbocycles. The van der Waals surface area contributed by atoms with Crippen LogP contribution in [0, 0.1) is 6.07 Å². The van der Waals surface area contributed by atoms with Crippen molar-refractivity contribution in [3.63, 3.8) is 0 Å². The van der Waals surface area contributed by atoms with Crippen LogP contribution in [0.2, 0.25) is 0 Å². The van der Waals surface area contributed by atoms with Crippen molar-refractivity contribution in [2.24, 2.45) is 0 Å². The van der Waals surface area contributed by atoms with E-state index in [1.807, 2.05) is 30.3 Å². The summed E-state index contributed by atoms with van der Waals surface area (Å²) >= 11 is 0. The van der Waals surface area contributed by atoms with Gasteiger partial charge in [-0.3, -0.25) is 0 Å². The van der Waals surface area contributed by atoms with E-state index in [1.165, 1.54) is 31.8 Å². The summed E-state index contributed by atoms with van der Waals surface area (Å²) < 4.78 is 0. The predicted octanol–water partition coefficient (Wildman–Crippen LogP) is 5.38. The summed E-state index contributed by atoms with van der Waals surface area (Å²) in [6, 6.07) is 77.2. The van der Waals surface area contributed by atoms with Gasteiger partial charge < -0.3 is 12.4 Å². The third kappa shape index (κ3) is 11.2. The van der Waals surface area contributed by atoms with Crippen LogP contribution < -0.4 is 44.2 Å². The van der Waals surface area contributed by atoms with E-state index in [-0.39, 0.29) is 28.9 Å². The third-order valence-corrected chi connectivity index (χ3v) is 11.6. The first kappa shape index (κ1) is 36.6. The van der Waals surface area contributed by atoms with Gasteiger partial charge in [0, 0.05) is 0 Å². The topological polar surface area (TPSA) is 0 Å². The van der Waals surface area contributed by atoms with E-state index < -0.39 is 15.8 Å². The average Bonchev–Trinajstić information content (AvgIpc) is 3.13. The summed E-state index contributed by atoms with van der Waals surface area (Å²) in [7, 11) is -0.892. The summed E-state index contributed by atoms with van der Waals surface area (Å²) in [5.41, 5.74) is 0. The van der Waals surface area contributed by atoms with Crippen LogP contribution in [0.4, 0.5) is 0 Å². The molecule has 0 nitrogen and oxygen atoms in total. The van der Waals surface area contributed by atoms with Gasteiger partial charge >= 0.3 is 16.5 Å². The molecule has 0 fully saturated rings. The fraction of sp³-hybridized carbons (Fsp3) is 0. The van der Waals surface area contributed by atoms with Crippen molar-refractivity contribution >= 4 is 47.7 Å². The predicted molar refractivity (Wildman–Crippen MR) is 196 cm³/mol. The van der Waals surface area contributed by atoms with Crippen molar-refractivity contribution in [3.05, 3.63) is 218 Å². The molecule has 0 amide bonds. The number of hydrogen-bond donors (Lipinski definition) is 0. The summed E-state index contributed by atoms with van der Waals surface area (Å²) in [6.45, 7) is 0. The van der Waals surface area contributed by atoms with E-state index in [0.29, 0.717) is 0 Å². The summed E-state index contributed by atoms with van der Waals surface area (Å²) in [5, 5.41) is 8.39. The second kappa shape index (κ2) is 21.1. The standard InChI is InChI=1S/2C18H15P.C6H5.ClH.Ni/c2*1-4-10-16(11-5-1)19(17-12-6-2-7-13-17)18-14-8-3-9-15-18;1-2-4-6-5-3-1;;/h2*1-15H;1-5H;1H;/q;;-1;;+2/p-1. The monoisotopic (exact) mass is 694 g/mol. The molecule has 0 aromatic heterocycles. The molecule has 0 aliphatic heterocycles. The fourth-order valence-corrected chi connectivity index (χ4v) is 9.31. The van der Waals surface area contributed by atoms with Crippen molar-refractivity contribution in [2.45, 2.75) is 0 Å². The number of halogens is 1. The Kier molecular flexibility index (Phi) is 16.8. The molecule has 7 aromatic rings. The average molecular weight is 696 g/mol. The van der Waals surface area contributed by atoms with E-state index in [4.69, 9.17) is 0 Å². The minimum absolute atomic E-state index is 0. The summed E-state index contributed by atoms with van der Waals surface area (Å²) in [4.78, 5) is 0. The van der Waals surface area contributed by atoms with Crippen molar-refractivity contribution in [2.75, 3.05) is 0 Å². The largest absolute Gasteiger partial charge is 2.00 e. The Hall–Kier alpha value is -3.82. The van der Waals surface area contributed by atoms with Gasteiger partial charge in [-0.1, -0.05) is 182 Å². The number of rotatable bonds is 6. The molecule has 0 heterocycles. The van der Waals surface area contributed by atoms with Crippen LogP contribution >= 0.6 is 15.8 Å². The minimum Gasteiger partial charge on any atom is -1.00 e. The summed E-state index contributed by atoms with van der Waals surface area (Å²) in [6.07, 6.45) is 0. The quantitative estimate of drug-likeness (QED) is 0.125. The van der Waals surface area contributed by atoms with Crippen LogP contribution in [0.15, 0.2) is 212 Å². The van der Waals surface area contributed by atoms with Crippen molar-refractivity contribution in [1.82, 2.24) is 0 Å². The second-order valence-corrected chi connectivity index (χ2v) is 14.2. The first-order valence-electron chi connectivity index (χ1n) is 14.7. The first-order chi connectivity index (χ1) is 21.9. The molecule has 4 heteroatoms. The van der Waals surface area contributed by atoms with Gasteiger partial charge in [0.2, 0.25) is 0 Å².